The summed E-state index contributed by atoms with van der Waals surface area (Å²) in [7, 11) is 1.55. The number of furan rings is 1. The Kier molecular flexibility index (Phi) is 6.65. The van der Waals surface area contributed by atoms with Crippen molar-refractivity contribution >= 4 is 63.2 Å². The second kappa shape index (κ2) is 10.0. The molecule has 1 amide bonds. The van der Waals surface area contributed by atoms with Gasteiger partial charge >= 0.3 is 0 Å². The van der Waals surface area contributed by atoms with Crippen molar-refractivity contribution in [3.63, 3.8) is 0 Å². The number of ether oxygens (including phenoxy) is 1. The molecular formula is C26H17Cl2N3O4S. The van der Waals surface area contributed by atoms with Crippen molar-refractivity contribution in [3.8, 4) is 28.5 Å². The second-order valence-electron chi connectivity index (χ2n) is 7.63. The quantitative estimate of drug-likeness (QED) is 0.229. The zero-order valence-electron chi connectivity index (χ0n) is 18.7. The van der Waals surface area contributed by atoms with E-state index in [1.165, 1.54) is 0 Å². The first kappa shape index (κ1) is 23.9. The summed E-state index contributed by atoms with van der Waals surface area (Å²) >= 11 is 17.4. The van der Waals surface area contributed by atoms with Gasteiger partial charge in [0.2, 0.25) is 5.89 Å². The van der Waals surface area contributed by atoms with Crippen molar-refractivity contribution in [3.05, 3.63) is 88.6 Å². The van der Waals surface area contributed by atoms with E-state index in [0.29, 0.717) is 49.8 Å². The van der Waals surface area contributed by atoms with Crippen LogP contribution in [0.5, 0.6) is 5.75 Å². The molecule has 0 spiro atoms. The molecule has 0 unspecified atom stereocenters. The Labute approximate surface area is 221 Å². The van der Waals surface area contributed by atoms with E-state index in [9.17, 15) is 4.79 Å². The van der Waals surface area contributed by atoms with Crippen LogP contribution in [0, 0.1) is 0 Å². The number of halogens is 2. The van der Waals surface area contributed by atoms with E-state index in [0.717, 1.165) is 5.56 Å². The SMILES string of the molecule is COc1ccc(-c2nc3cc(NC(=S)NC(=O)c4ccc(-c5ccc(Cl)cc5)o4)ccc3o2)cc1Cl. The normalized spacial score (nSPS) is 10.9. The minimum absolute atomic E-state index is 0.106. The third-order valence-corrected chi connectivity index (χ3v) is 5.98. The van der Waals surface area contributed by atoms with Crippen LogP contribution in [-0.4, -0.2) is 23.1 Å². The number of rotatable bonds is 5. The fourth-order valence-corrected chi connectivity index (χ4v) is 4.08. The standard InChI is InChI=1S/C26H17Cl2N3O4S/c1-33-21-8-4-15(12-18(21)28)25-30-19-13-17(7-9-22(19)35-25)29-26(36)31-24(32)23-11-10-20(34-23)14-2-5-16(27)6-3-14/h2-13H,1H3,(H2,29,31,32,36). The maximum absolute atomic E-state index is 12.6. The first-order valence-corrected chi connectivity index (χ1v) is 11.8. The minimum Gasteiger partial charge on any atom is -0.495 e. The number of aromatic nitrogens is 1. The molecule has 0 radical (unpaired) electrons. The summed E-state index contributed by atoms with van der Waals surface area (Å²) in [5, 5.41) is 6.77. The Morgan fingerprint density at radius 1 is 0.944 bits per heavy atom. The Balaban J connectivity index is 1.26. The zero-order chi connectivity index (χ0) is 25.2. The molecule has 36 heavy (non-hydrogen) atoms. The number of nitrogens with zero attached hydrogens (tertiary/aromatic N) is 1. The van der Waals surface area contributed by atoms with Crippen LogP contribution >= 0.6 is 35.4 Å². The van der Waals surface area contributed by atoms with Gasteiger partial charge in [-0.1, -0.05) is 23.2 Å². The van der Waals surface area contributed by atoms with E-state index in [4.69, 9.17) is 49.0 Å². The summed E-state index contributed by atoms with van der Waals surface area (Å²) < 4.78 is 16.7. The van der Waals surface area contributed by atoms with Crippen LogP contribution < -0.4 is 15.4 Å². The number of thiocarbonyl (C=S) groups is 1. The van der Waals surface area contributed by atoms with Crippen LogP contribution in [0.1, 0.15) is 10.6 Å². The second-order valence-corrected chi connectivity index (χ2v) is 8.88. The topological polar surface area (TPSA) is 89.5 Å². The average molecular weight is 538 g/mol. The van der Waals surface area contributed by atoms with E-state index in [1.807, 2.05) is 18.2 Å². The number of carbonyl (C=O) groups is 1. The number of methoxy groups -OCH3 is 1. The van der Waals surface area contributed by atoms with Crippen molar-refractivity contribution in [1.29, 1.82) is 0 Å². The van der Waals surface area contributed by atoms with Gasteiger partial charge in [-0.15, -0.1) is 0 Å². The molecule has 5 rings (SSSR count). The van der Waals surface area contributed by atoms with Crippen molar-refractivity contribution in [2.75, 3.05) is 12.4 Å². The van der Waals surface area contributed by atoms with Crippen LogP contribution in [0.25, 0.3) is 33.9 Å². The van der Waals surface area contributed by atoms with Gasteiger partial charge < -0.3 is 18.9 Å². The molecule has 0 bridgehead atoms. The molecule has 3 aromatic carbocycles. The maximum Gasteiger partial charge on any atom is 0.293 e. The Bertz CT molecular complexity index is 1590. The molecule has 0 saturated heterocycles. The van der Waals surface area contributed by atoms with Crippen molar-refractivity contribution < 1.29 is 18.4 Å². The molecule has 0 saturated carbocycles. The van der Waals surface area contributed by atoms with E-state index in [-0.39, 0.29) is 10.9 Å². The molecule has 10 heteroatoms. The molecule has 0 aliphatic carbocycles. The monoisotopic (exact) mass is 537 g/mol. The van der Waals surface area contributed by atoms with E-state index >= 15 is 0 Å². The fourth-order valence-electron chi connectivity index (χ4n) is 3.48. The molecule has 0 aliphatic heterocycles. The molecular weight excluding hydrogens is 521 g/mol. The van der Waals surface area contributed by atoms with Crippen LogP contribution in [0.3, 0.4) is 0 Å². The maximum atomic E-state index is 12.6. The lowest BCUT2D eigenvalue weighted by Gasteiger charge is -2.08. The van der Waals surface area contributed by atoms with Crippen LogP contribution in [0.4, 0.5) is 5.69 Å². The summed E-state index contributed by atoms with van der Waals surface area (Å²) in [6.07, 6.45) is 0. The Hall–Kier alpha value is -3.85. The number of fused-ring (bicyclic) bond motifs is 1. The van der Waals surface area contributed by atoms with Gasteiger partial charge in [-0.05, 0) is 85.0 Å². The van der Waals surface area contributed by atoms with E-state index in [1.54, 1.807) is 61.7 Å². The van der Waals surface area contributed by atoms with Gasteiger partial charge in [0.15, 0.2) is 16.5 Å². The third-order valence-electron chi connectivity index (χ3n) is 5.23. The molecule has 2 heterocycles. The minimum atomic E-state index is -0.478. The van der Waals surface area contributed by atoms with Gasteiger partial charge in [0.25, 0.3) is 5.91 Å². The van der Waals surface area contributed by atoms with Crippen molar-refractivity contribution in [2.45, 2.75) is 0 Å². The molecule has 2 aromatic heterocycles. The number of hydrogen-bond donors (Lipinski definition) is 2. The summed E-state index contributed by atoms with van der Waals surface area (Å²) in [5.41, 5.74) is 3.33. The first-order chi connectivity index (χ1) is 17.4. The zero-order valence-corrected chi connectivity index (χ0v) is 21.0. The average Bonchev–Trinajstić information content (AvgIpc) is 3.52. The molecule has 0 fully saturated rings. The summed E-state index contributed by atoms with van der Waals surface area (Å²) in [6, 6.07) is 21.0. The number of carbonyl (C=O) groups excluding carboxylic acids is 1. The summed E-state index contributed by atoms with van der Waals surface area (Å²) in [5.74, 6) is 1.17. The highest BCUT2D eigenvalue weighted by Crippen LogP contribution is 2.32. The van der Waals surface area contributed by atoms with Crippen LogP contribution in [-0.2, 0) is 0 Å². The van der Waals surface area contributed by atoms with Gasteiger partial charge in [-0.25, -0.2) is 4.98 Å². The first-order valence-electron chi connectivity index (χ1n) is 10.6. The number of anilines is 1. The lowest BCUT2D eigenvalue weighted by atomic mass is 10.2. The predicted molar refractivity (Wildman–Crippen MR) is 144 cm³/mol. The lowest BCUT2D eigenvalue weighted by molar-refractivity contribution is 0.0951. The van der Waals surface area contributed by atoms with Gasteiger partial charge in [0.1, 0.15) is 17.0 Å². The largest absolute Gasteiger partial charge is 0.495 e. The molecule has 7 nitrogen and oxygen atoms in total. The lowest BCUT2D eigenvalue weighted by Crippen LogP contribution is -2.33. The number of hydrogen-bond acceptors (Lipinski definition) is 6. The fraction of sp³-hybridized carbons (Fsp3) is 0.0385. The highest BCUT2D eigenvalue weighted by molar-refractivity contribution is 7.80. The number of oxazole rings is 1. The predicted octanol–water partition coefficient (Wildman–Crippen LogP) is 7.20. The Morgan fingerprint density at radius 2 is 1.72 bits per heavy atom. The number of benzene rings is 3. The van der Waals surface area contributed by atoms with Gasteiger partial charge in [-0.2, -0.15) is 0 Å². The third kappa shape index (κ3) is 5.06. The Morgan fingerprint density at radius 3 is 2.47 bits per heavy atom. The van der Waals surface area contributed by atoms with E-state index < -0.39 is 5.91 Å². The highest BCUT2D eigenvalue weighted by atomic mass is 35.5. The van der Waals surface area contributed by atoms with Crippen molar-refractivity contribution in [1.82, 2.24) is 10.3 Å². The number of nitrogens with one attached hydrogen (secondary N) is 2. The van der Waals surface area contributed by atoms with Crippen molar-refractivity contribution in [2.24, 2.45) is 0 Å². The summed E-state index contributed by atoms with van der Waals surface area (Å²) in [6.45, 7) is 0. The molecule has 180 valence electrons. The molecule has 0 atom stereocenters. The summed E-state index contributed by atoms with van der Waals surface area (Å²) in [4.78, 5) is 17.1. The smallest absolute Gasteiger partial charge is 0.293 e. The number of amides is 1. The highest BCUT2D eigenvalue weighted by Gasteiger charge is 2.15. The molecule has 5 aromatic rings. The van der Waals surface area contributed by atoms with Crippen LogP contribution in [0.2, 0.25) is 10.0 Å². The molecule has 2 N–H and O–H groups in total. The van der Waals surface area contributed by atoms with Crippen LogP contribution in [0.15, 0.2) is 81.6 Å². The van der Waals surface area contributed by atoms with Gasteiger partial charge in [0.05, 0.1) is 12.1 Å². The van der Waals surface area contributed by atoms with Gasteiger partial charge in [-0.3, -0.25) is 10.1 Å². The molecule has 0 aliphatic rings. The van der Waals surface area contributed by atoms with Gasteiger partial charge in [0, 0.05) is 21.8 Å². The van der Waals surface area contributed by atoms with E-state index in [2.05, 4.69) is 15.6 Å².